The summed E-state index contributed by atoms with van der Waals surface area (Å²) in [6, 6.07) is 11.6. The van der Waals surface area contributed by atoms with Crippen molar-refractivity contribution in [2.45, 2.75) is 13.5 Å². The molecule has 0 aliphatic carbocycles. The summed E-state index contributed by atoms with van der Waals surface area (Å²) in [5.41, 5.74) is 3.55. The zero-order chi connectivity index (χ0) is 20.3. The van der Waals surface area contributed by atoms with Gasteiger partial charge in [0.05, 0.1) is 27.9 Å². The van der Waals surface area contributed by atoms with Crippen molar-refractivity contribution in [1.29, 1.82) is 0 Å². The summed E-state index contributed by atoms with van der Waals surface area (Å²) >= 11 is 0. The number of benzene rings is 2. The molecule has 0 aliphatic rings. The minimum atomic E-state index is 0.0805. The highest BCUT2D eigenvalue weighted by Gasteiger charge is 2.20. The van der Waals surface area contributed by atoms with Gasteiger partial charge in [-0.15, -0.1) is 0 Å². The van der Waals surface area contributed by atoms with Gasteiger partial charge in [-0.1, -0.05) is 24.3 Å². The minimum absolute atomic E-state index is 0.0805. The molecule has 0 bridgehead atoms. The second-order valence-corrected chi connectivity index (χ2v) is 6.76. The van der Waals surface area contributed by atoms with E-state index in [9.17, 15) is 4.79 Å². The average Bonchev–Trinajstić information content (AvgIpc) is 3.02. The molecule has 0 saturated carbocycles. The topological polar surface area (TPSA) is 63.8 Å². The summed E-state index contributed by atoms with van der Waals surface area (Å²) in [6.45, 7) is 2.77. The van der Waals surface area contributed by atoms with E-state index in [2.05, 4.69) is 4.98 Å². The van der Waals surface area contributed by atoms with Crippen LogP contribution in [0.2, 0.25) is 0 Å². The van der Waals surface area contributed by atoms with E-state index in [0.717, 1.165) is 27.7 Å². The number of hydrogen-bond acceptors (Lipinski definition) is 5. The number of nitrogens with one attached hydrogen (secondary N) is 1. The summed E-state index contributed by atoms with van der Waals surface area (Å²) in [5, 5.41) is 0.960. The van der Waals surface area contributed by atoms with Crippen LogP contribution in [-0.2, 0) is 6.54 Å². The van der Waals surface area contributed by atoms with E-state index < -0.39 is 0 Å². The van der Waals surface area contributed by atoms with Gasteiger partial charge in [0.2, 0.25) is 5.75 Å². The number of aromatic nitrogens is 1. The molecular weight excluding hydrogens is 356 g/mol. The van der Waals surface area contributed by atoms with Gasteiger partial charge in [-0.3, -0.25) is 9.69 Å². The van der Waals surface area contributed by atoms with Crippen LogP contribution in [0.1, 0.15) is 21.6 Å². The number of hydrogen-bond donors (Lipinski definition) is 1. The van der Waals surface area contributed by atoms with E-state index in [1.54, 1.807) is 21.3 Å². The molecule has 0 radical (unpaired) electrons. The molecule has 2 aromatic carbocycles. The van der Waals surface area contributed by atoms with Gasteiger partial charge in [-0.25, -0.2) is 0 Å². The second-order valence-electron chi connectivity index (χ2n) is 6.76. The standard InChI is InChI=1S/C22H26N2O4/c1-14-20(16-8-6-7-9-17(16)23-14)18(25)13-24(2)12-15-10-11-19(26-3)22(28-5)21(15)27-4/h6-11,23H,12-13H2,1-5H3. The first-order valence-corrected chi connectivity index (χ1v) is 9.07. The molecule has 0 aliphatic heterocycles. The number of aromatic amines is 1. The van der Waals surface area contributed by atoms with Crippen LogP contribution in [0.3, 0.4) is 0 Å². The molecule has 6 heteroatoms. The summed E-state index contributed by atoms with van der Waals surface area (Å²) < 4.78 is 16.3. The van der Waals surface area contributed by atoms with Crippen molar-refractivity contribution in [2.75, 3.05) is 34.9 Å². The molecule has 0 atom stereocenters. The van der Waals surface area contributed by atoms with Crippen LogP contribution in [0, 0.1) is 6.92 Å². The molecule has 28 heavy (non-hydrogen) atoms. The molecule has 1 heterocycles. The number of ether oxygens (including phenoxy) is 3. The Morgan fingerprint density at radius 1 is 1.00 bits per heavy atom. The number of aryl methyl sites for hydroxylation is 1. The molecule has 1 aromatic heterocycles. The van der Waals surface area contributed by atoms with Crippen LogP contribution in [0.15, 0.2) is 36.4 Å². The quantitative estimate of drug-likeness (QED) is 0.600. The van der Waals surface area contributed by atoms with E-state index in [1.807, 2.05) is 55.3 Å². The smallest absolute Gasteiger partial charge is 0.203 e. The Balaban J connectivity index is 1.81. The predicted molar refractivity (Wildman–Crippen MR) is 110 cm³/mol. The summed E-state index contributed by atoms with van der Waals surface area (Å²) in [4.78, 5) is 18.2. The van der Waals surface area contributed by atoms with Crippen molar-refractivity contribution in [3.05, 3.63) is 53.2 Å². The molecule has 6 nitrogen and oxygen atoms in total. The highest BCUT2D eigenvalue weighted by atomic mass is 16.5. The Hall–Kier alpha value is -2.99. The van der Waals surface area contributed by atoms with E-state index in [-0.39, 0.29) is 5.78 Å². The largest absolute Gasteiger partial charge is 0.493 e. The van der Waals surface area contributed by atoms with Gasteiger partial charge >= 0.3 is 0 Å². The van der Waals surface area contributed by atoms with Crippen LogP contribution < -0.4 is 14.2 Å². The second kappa shape index (κ2) is 8.35. The summed E-state index contributed by atoms with van der Waals surface area (Å²) in [7, 11) is 6.68. The first-order chi connectivity index (χ1) is 13.5. The number of Topliss-reactive ketones (excluding diaryl/α,β-unsaturated/α-hetero) is 1. The molecular formula is C22H26N2O4. The molecule has 0 unspecified atom stereocenters. The monoisotopic (exact) mass is 382 g/mol. The maximum atomic E-state index is 13.0. The lowest BCUT2D eigenvalue weighted by Gasteiger charge is -2.20. The lowest BCUT2D eigenvalue weighted by molar-refractivity contribution is 0.0943. The molecule has 0 saturated heterocycles. The van der Waals surface area contributed by atoms with Gasteiger partial charge in [0.15, 0.2) is 17.3 Å². The third-order valence-electron chi connectivity index (χ3n) is 4.81. The predicted octanol–water partition coefficient (Wildman–Crippen LogP) is 3.82. The zero-order valence-corrected chi connectivity index (χ0v) is 17.0. The van der Waals surface area contributed by atoms with Gasteiger partial charge in [0.1, 0.15) is 0 Å². The Morgan fingerprint density at radius 3 is 2.39 bits per heavy atom. The number of fused-ring (bicyclic) bond motifs is 1. The van der Waals surface area contributed by atoms with Crippen LogP contribution in [0.25, 0.3) is 10.9 Å². The van der Waals surface area contributed by atoms with Crippen LogP contribution in [0.4, 0.5) is 0 Å². The molecule has 148 valence electrons. The Kier molecular flexibility index (Phi) is 5.90. The van der Waals surface area contributed by atoms with Gasteiger partial charge in [-0.05, 0) is 26.1 Å². The van der Waals surface area contributed by atoms with E-state index in [1.165, 1.54) is 0 Å². The number of H-pyrrole nitrogens is 1. The number of rotatable bonds is 8. The lowest BCUT2D eigenvalue weighted by Crippen LogP contribution is -2.26. The lowest BCUT2D eigenvalue weighted by atomic mass is 10.1. The van der Waals surface area contributed by atoms with Gasteiger partial charge < -0.3 is 19.2 Å². The number of carbonyl (C=O) groups excluding carboxylic acids is 1. The Labute approximate surface area is 165 Å². The highest BCUT2D eigenvalue weighted by molar-refractivity contribution is 6.10. The fraction of sp³-hybridized carbons (Fsp3) is 0.318. The van der Waals surface area contributed by atoms with Crippen molar-refractivity contribution in [3.8, 4) is 17.2 Å². The number of methoxy groups -OCH3 is 3. The van der Waals surface area contributed by atoms with Crippen molar-refractivity contribution in [1.82, 2.24) is 9.88 Å². The van der Waals surface area contributed by atoms with Crippen LogP contribution in [0.5, 0.6) is 17.2 Å². The normalized spacial score (nSPS) is 11.1. The van der Waals surface area contributed by atoms with Crippen molar-refractivity contribution >= 4 is 16.7 Å². The van der Waals surface area contributed by atoms with Crippen molar-refractivity contribution in [2.24, 2.45) is 0 Å². The van der Waals surface area contributed by atoms with E-state index in [0.29, 0.717) is 30.3 Å². The van der Waals surface area contributed by atoms with Gasteiger partial charge in [0, 0.05) is 34.3 Å². The Bertz CT molecular complexity index is 994. The molecule has 0 fully saturated rings. The van der Waals surface area contributed by atoms with E-state index >= 15 is 0 Å². The molecule has 3 aromatic rings. The fourth-order valence-corrected chi connectivity index (χ4v) is 3.59. The van der Waals surface area contributed by atoms with Crippen LogP contribution >= 0.6 is 0 Å². The van der Waals surface area contributed by atoms with Crippen molar-refractivity contribution in [3.63, 3.8) is 0 Å². The number of nitrogens with zero attached hydrogens (tertiary/aromatic N) is 1. The number of para-hydroxylation sites is 1. The molecule has 1 N–H and O–H groups in total. The third kappa shape index (κ3) is 3.68. The van der Waals surface area contributed by atoms with E-state index in [4.69, 9.17) is 14.2 Å². The SMILES string of the molecule is COc1ccc(CN(C)CC(=O)c2c(C)[nH]c3ccccc23)c(OC)c1OC. The Morgan fingerprint density at radius 2 is 1.71 bits per heavy atom. The maximum Gasteiger partial charge on any atom is 0.203 e. The molecule has 3 rings (SSSR count). The number of ketones is 1. The van der Waals surface area contributed by atoms with Gasteiger partial charge in [-0.2, -0.15) is 0 Å². The fourth-order valence-electron chi connectivity index (χ4n) is 3.59. The first kappa shape index (κ1) is 19.8. The molecule has 0 spiro atoms. The zero-order valence-electron chi connectivity index (χ0n) is 17.0. The average molecular weight is 382 g/mol. The summed E-state index contributed by atoms with van der Waals surface area (Å²) in [6.07, 6.45) is 0. The minimum Gasteiger partial charge on any atom is -0.493 e. The number of likely N-dealkylation sites (N-methyl/N-ethyl adjacent to an activating group) is 1. The van der Waals surface area contributed by atoms with Crippen molar-refractivity contribution < 1.29 is 19.0 Å². The number of carbonyl (C=O) groups is 1. The highest BCUT2D eigenvalue weighted by Crippen LogP contribution is 2.40. The van der Waals surface area contributed by atoms with Crippen LogP contribution in [-0.4, -0.2) is 50.6 Å². The van der Waals surface area contributed by atoms with Gasteiger partial charge in [0.25, 0.3) is 0 Å². The molecule has 0 amide bonds. The first-order valence-electron chi connectivity index (χ1n) is 9.07. The third-order valence-corrected chi connectivity index (χ3v) is 4.81. The maximum absolute atomic E-state index is 13.0. The summed E-state index contributed by atoms with van der Waals surface area (Å²) in [5.74, 6) is 1.85.